The number of benzene rings is 1. The van der Waals surface area contributed by atoms with E-state index in [1.165, 1.54) is 0 Å². The van der Waals surface area contributed by atoms with Gasteiger partial charge in [-0.3, -0.25) is 0 Å². The summed E-state index contributed by atoms with van der Waals surface area (Å²) in [7, 11) is 0. The molecular formula is C16H28N2O3. The lowest BCUT2D eigenvalue weighted by molar-refractivity contribution is 0.233. The van der Waals surface area contributed by atoms with Crippen molar-refractivity contribution in [3.05, 3.63) is 23.8 Å². The maximum Gasteiger partial charge on any atom is 0.161 e. The minimum Gasteiger partial charge on any atom is -0.504 e. The Hall–Kier alpha value is -1.30. The normalized spacial score (nSPS) is 12.6. The number of aliphatic hydroxyl groups is 1. The van der Waals surface area contributed by atoms with Crippen molar-refractivity contribution in [1.29, 1.82) is 0 Å². The van der Waals surface area contributed by atoms with Crippen LogP contribution in [0.15, 0.2) is 18.2 Å². The highest BCUT2D eigenvalue weighted by Crippen LogP contribution is 2.29. The molecule has 0 amide bonds. The maximum absolute atomic E-state index is 9.72. The highest BCUT2D eigenvalue weighted by atomic mass is 16.5. The third-order valence-corrected chi connectivity index (χ3v) is 3.58. The summed E-state index contributed by atoms with van der Waals surface area (Å²) in [4.78, 5) is 2.32. The first-order chi connectivity index (χ1) is 10.2. The van der Waals surface area contributed by atoms with Gasteiger partial charge in [0.05, 0.1) is 19.3 Å². The quantitative estimate of drug-likeness (QED) is 0.614. The number of rotatable bonds is 10. The number of aromatic hydroxyl groups is 1. The summed E-state index contributed by atoms with van der Waals surface area (Å²) in [6.07, 6.45) is 0. The standard InChI is InChI=1S/C16H28N2O3/c1-4-18(5-2)10-9-17-14(12-19)13-7-8-15(20)16(11-13)21-6-3/h7-8,11,14,17,19-20H,4-6,9-10,12H2,1-3H3. The van der Waals surface area contributed by atoms with Crippen LogP contribution < -0.4 is 10.1 Å². The van der Waals surface area contributed by atoms with Crippen LogP contribution in [0.25, 0.3) is 0 Å². The van der Waals surface area contributed by atoms with Gasteiger partial charge in [-0.05, 0) is 37.7 Å². The summed E-state index contributed by atoms with van der Waals surface area (Å²) in [5.74, 6) is 0.583. The summed E-state index contributed by atoms with van der Waals surface area (Å²) in [5.41, 5.74) is 0.915. The molecule has 0 bridgehead atoms. The van der Waals surface area contributed by atoms with E-state index in [2.05, 4.69) is 24.1 Å². The summed E-state index contributed by atoms with van der Waals surface area (Å²) in [6.45, 7) is 10.5. The molecule has 1 aromatic carbocycles. The van der Waals surface area contributed by atoms with Crippen LogP contribution in [0, 0.1) is 0 Å². The number of hydrogen-bond acceptors (Lipinski definition) is 5. The zero-order valence-corrected chi connectivity index (χ0v) is 13.3. The summed E-state index contributed by atoms with van der Waals surface area (Å²) in [5, 5.41) is 22.6. The van der Waals surface area contributed by atoms with E-state index in [1.807, 2.05) is 13.0 Å². The molecule has 0 spiro atoms. The number of nitrogens with zero attached hydrogens (tertiary/aromatic N) is 1. The Labute approximate surface area is 127 Å². The predicted molar refractivity (Wildman–Crippen MR) is 84.9 cm³/mol. The van der Waals surface area contributed by atoms with Crippen LogP contribution in [0.2, 0.25) is 0 Å². The molecule has 21 heavy (non-hydrogen) atoms. The molecule has 120 valence electrons. The van der Waals surface area contributed by atoms with Gasteiger partial charge in [0, 0.05) is 13.1 Å². The Kier molecular flexibility index (Phi) is 8.12. The smallest absolute Gasteiger partial charge is 0.161 e. The molecule has 0 saturated carbocycles. The summed E-state index contributed by atoms with van der Waals surface area (Å²) in [6, 6.07) is 5.04. The number of likely N-dealkylation sites (N-methyl/N-ethyl adjacent to an activating group) is 1. The van der Waals surface area contributed by atoms with Crippen molar-refractivity contribution < 1.29 is 14.9 Å². The second kappa shape index (κ2) is 9.60. The van der Waals surface area contributed by atoms with E-state index in [4.69, 9.17) is 4.74 Å². The molecule has 0 aliphatic rings. The zero-order chi connectivity index (χ0) is 15.7. The SMILES string of the molecule is CCOc1cc(C(CO)NCCN(CC)CC)ccc1O. The van der Waals surface area contributed by atoms with Gasteiger partial charge in [0.25, 0.3) is 0 Å². The first-order valence-electron chi connectivity index (χ1n) is 7.68. The number of ether oxygens (including phenoxy) is 1. The van der Waals surface area contributed by atoms with Crippen LogP contribution in [0.4, 0.5) is 0 Å². The topological polar surface area (TPSA) is 65.0 Å². The lowest BCUT2D eigenvalue weighted by Crippen LogP contribution is -2.34. The van der Waals surface area contributed by atoms with Crippen molar-refractivity contribution in [2.45, 2.75) is 26.8 Å². The third kappa shape index (κ3) is 5.53. The van der Waals surface area contributed by atoms with Gasteiger partial charge in [-0.2, -0.15) is 0 Å². The van der Waals surface area contributed by atoms with Crippen molar-refractivity contribution in [2.24, 2.45) is 0 Å². The van der Waals surface area contributed by atoms with Crippen LogP contribution >= 0.6 is 0 Å². The molecule has 0 radical (unpaired) electrons. The van der Waals surface area contributed by atoms with Gasteiger partial charge in [0.1, 0.15) is 0 Å². The Balaban J connectivity index is 2.65. The molecule has 0 aliphatic carbocycles. The Bertz CT molecular complexity index is 409. The lowest BCUT2D eigenvalue weighted by atomic mass is 10.1. The van der Waals surface area contributed by atoms with E-state index < -0.39 is 0 Å². The van der Waals surface area contributed by atoms with E-state index in [0.717, 1.165) is 31.7 Å². The molecule has 1 rings (SSSR count). The Morgan fingerprint density at radius 3 is 2.52 bits per heavy atom. The lowest BCUT2D eigenvalue weighted by Gasteiger charge is -2.22. The van der Waals surface area contributed by atoms with Gasteiger partial charge < -0.3 is 25.2 Å². The number of phenols is 1. The molecule has 0 fully saturated rings. The van der Waals surface area contributed by atoms with Gasteiger partial charge in [-0.1, -0.05) is 19.9 Å². The van der Waals surface area contributed by atoms with E-state index in [-0.39, 0.29) is 18.4 Å². The second-order valence-electron chi connectivity index (χ2n) is 4.88. The molecule has 3 N–H and O–H groups in total. The van der Waals surface area contributed by atoms with Gasteiger partial charge in [0.15, 0.2) is 11.5 Å². The van der Waals surface area contributed by atoms with Gasteiger partial charge in [-0.15, -0.1) is 0 Å². The fourth-order valence-electron chi connectivity index (χ4n) is 2.24. The van der Waals surface area contributed by atoms with Crippen LogP contribution in [0.1, 0.15) is 32.4 Å². The molecule has 0 aliphatic heterocycles. The van der Waals surface area contributed by atoms with Crippen LogP contribution in [0.5, 0.6) is 11.5 Å². The number of phenolic OH excluding ortho intramolecular Hbond substituents is 1. The molecule has 1 atom stereocenters. The molecule has 1 unspecified atom stereocenters. The molecular weight excluding hydrogens is 268 g/mol. The Morgan fingerprint density at radius 1 is 1.24 bits per heavy atom. The summed E-state index contributed by atoms with van der Waals surface area (Å²) >= 11 is 0. The zero-order valence-electron chi connectivity index (χ0n) is 13.3. The van der Waals surface area contributed by atoms with E-state index in [1.54, 1.807) is 12.1 Å². The van der Waals surface area contributed by atoms with Crippen molar-refractivity contribution >= 4 is 0 Å². The average molecular weight is 296 g/mol. The van der Waals surface area contributed by atoms with Crippen LogP contribution in [-0.2, 0) is 0 Å². The van der Waals surface area contributed by atoms with Crippen LogP contribution in [0.3, 0.4) is 0 Å². The molecule has 0 saturated heterocycles. The number of aliphatic hydroxyl groups excluding tert-OH is 1. The number of nitrogens with one attached hydrogen (secondary N) is 1. The van der Waals surface area contributed by atoms with E-state index in [9.17, 15) is 10.2 Å². The van der Waals surface area contributed by atoms with Gasteiger partial charge in [-0.25, -0.2) is 0 Å². The molecule has 0 aromatic heterocycles. The minimum atomic E-state index is -0.152. The molecule has 1 aromatic rings. The van der Waals surface area contributed by atoms with Crippen molar-refractivity contribution in [1.82, 2.24) is 10.2 Å². The van der Waals surface area contributed by atoms with Crippen molar-refractivity contribution in [3.8, 4) is 11.5 Å². The fraction of sp³-hybridized carbons (Fsp3) is 0.625. The second-order valence-corrected chi connectivity index (χ2v) is 4.88. The molecule has 5 nitrogen and oxygen atoms in total. The fourth-order valence-corrected chi connectivity index (χ4v) is 2.24. The maximum atomic E-state index is 9.72. The first kappa shape index (κ1) is 17.8. The Morgan fingerprint density at radius 2 is 1.95 bits per heavy atom. The summed E-state index contributed by atoms with van der Waals surface area (Å²) < 4.78 is 5.38. The van der Waals surface area contributed by atoms with E-state index >= 15 is 0 Å². The molecule has 5 heteroatoms. The van der Waals surface area contributed by atoms with Crippen molar-refractivity contribution in [2.75, 3.05) is 39.4 Å². The van der Waals surface area contributed by atoms with Crippen LogP contribution in [-0.4, -0.2) is 54.5 Å². The predicted octanol–water partition coefficient (Wildman–Crippen LogP) is 1.76. The highest BCUT2D eigenvalue weighted by Gasteiger charge is 2.13. The van der Waals surface area contributed by atoms with Gasteiger partial charge >= 0.3 is 0 Å². The van der Waals surface area contributed by atoms with E-state index in [0.29, 0.717) is 12.4 Å². The monoisotopic (exact) mass is 296 g/mol. The highest BCUT2D eigenvalue weighted by molar-refractivity contribution is 5.42. The van der Waals surface area contributed by atoms with Gasteiger partial charge in [0.2, 0.25) is 0 Å². The number of hydrogen-bond donors (Lipinski definition) is 3. The first-order valence-corrected chi connectivity index (χ1v) is 7.68. The molecule has 0 heterocycles. The van der Waals surface area contributed by atoms with Crippen molar-refractivity contribution in [3.63, 3.8) is 0 Å². The largest absolute Gasteiger partial charge is 0.504 e. The minimum absolute atomic E-state index is 0.00852. The average Bonchev–Trinajstić information content (AvgIpc) is 2.50. The third-order valence-electron chi connectivity index (χ3n) is 3.58.